The van der Waals surface area contributed by atoms with Gasteiger partial charge < -0.3 is 0 Å². The van der Waals surface area contributed by atoms with E-state index < -0.39 is 0 Å². The Bertz CT molecular complexity index is 725. The molecule has 102 valence electrons. The quantitative estimate of drug-likeness (QED) is 0.682. The second kappa shape index (κ2) is 5.97. The van der Waals surface area contributed by atoms with Crippen molar-refractivity contribution in [1.82, 2.24) is 10.4 Å². The largest absolute Gasteiger partial charge is 0.297 e. The molecule has 0 fully saturated rings. The van der Waals surface area contributed by atoms with Crippen LogP contribution in [0.15, 0.2) is 42.5 Å². The molecule has 1 heterocycles. The number of nitrogens with zero attached hydrogens (tertiary/aromatic N) is 1. The lowest BCUT2D eigenvalue weighted by atomic mass is 10.2. The van der Waals surface area contributed by atoms with E-state index in [1.807, 2.05) is 42.5 Å². The highest BCUT2D eigenvalue weighted by molar-refractivity contribution is 7.22. The van der Waals surface area contributed by atoms with Crippen molar-refractivity contribution in [3.8, 4) is 0 Å². The van der Waals surface area contributed by atoms with Crippen molar-refractivity contribution in [3.63, 3.8) is 0 Å². The molecule has 0 aliphatic heterocycles. The topological polar surface area (TPSA) is 37.0 Å². The van der Waals surface area contributed by atoms with Gasteiger partial charge in [0.2, 0.25) is 0 Å². The fourth-order valence-corrected chi connectivity index (χ4v) is 3.06. The highest BCUT2D eigenvalue weighted by Crippen LogP contribution is 2.30. The summed E-state index contributed by atoms with van der Waals surface area (Å²) in [5.74, 6) is 0. The second-order valence-corrected chi connectivity index (χ2v) is 6.08. The van der Waals surface area contributed by atoms with Crippen LogP contribution in [0.2, 0.25) is 10.0 Å². The number of rotatable bonds is 4. The Balaban J connectivity index is 1.65. The number of nitrogens with one attached hydrogen (secondary N) is 2. The Morgan fingerprint density at radius 3 is 2.60 bits per heavy atom. The molecule has 0 atom stereocenters. The minimum Gasteiger partial charge on any atom is -0.297 e. The highest BCUT2D eigenvalue weighted by atomic mass is 35.5. The van der Waals surface area contributed by atoms with Crippen LogP contribution in [-0.4, -0.2) is 4.98 Å². The maximum Gasteiger partial charge on any atom is 0.198 e. The summed E-state index contributed by atoms with van der Waals surface area (Å²) in [6.45, 7) is 0.681. The molecule has 0 spiro atoms. The van der Waals surface area contributed by atoms with Gasteiger partial charge in [-0.25, -0.2) is 10.4 Å². The van der Waals surface area contributed by atoms with Gasteiger partial charge in [0.1, 0.15) is 5.52 Å². The molecule has 2 N–H and O–H groups in total. The van der Waals surface area contributed by atoms with Gasteiger partial charge in [0.05, 0.1) is 9.72 Å². The molecule has 3 aromatic rings. The van der Waals surface area contributed by atoms with Crippen LogP contribution in [0.5, 0.6) is 0 Å². The van der Waals surface area contributed by atoms with Crippen LogP contribution in [0.1, 0.15) is 5.56 Å². The summed E-state index contributed by atoms with van der Waals surface area (Å²) in [5, 5.41) is 2.20. The third-order valence-corrected chi connectivity index (χ3v) is 4.26. The molecular formula is C14H11Cl2N3S. The number of hydrogen-bond acceptors (Lipinski definition) is 4. The van der Waals surface area contributed by atoms with Crippen molar-refractivity contribution in [2.45, 2.75) is 6.54 Å². The van der Waals surface area contributed by atoms with E-state index in [9.17, 15) is 0 Å². The monoisotopic (exact) mass is 323 g/mol. The van der Waals surface area contributed by atoms with Crippen molar-refractivity contribution < 1.29 is 0 Å². The second-order valence-electron chi connectivity index (χ2n) is 4.21. The number of aromatic nitrogens is 1. The average molecular weight is 324 g/mol. The Kier molecular flexibility index (Phi) is 4.08. The average Bonchev–Trinajstić information content (AvgIpc) is 2.85. The van der Waals surface area contributed by atoms with Crippen molar-refractivity contribution in [1.29, 1.82) is 0 Å². The van der Waals surface area contributed by atoms with Crippen molar-refractivity contribution in [2.75, 3.05) is 5.43 Å². The van der Waals surface area contributed by atoms with Gasteiger partial charge in [-0.3, -0.25) is 5.43 Å². The normalized spacial score (nSPS) is 10.9. The van der Waals surface area contributed by atoms with Crippen LogP contribution in [0, 0.1) is 0 Å². The smallest absolute Gasteiger partial charge is 0.198 e. The fraction of sp³-hybridized carbons (Fsp3) is 0.0714. The van der Waals surface area contributed by atoms with Crippen LogP contribution in [0.25, 0.3) is 10.2 Å². The highest BCUT2D eigenvalue weighted by Gasteiger charge is 2.05. The third kappa shape index (κ3) is 3.04. The minimum absolute atomic E-state index is 0.671. The number of hydrazine groups is 1. The van der Waals surface area contributed by atoms with Crippen molar-refractivity contribution >= 4 is 49.9 Å². The van der Waals surface area contributed by atoms with E-state index in [2.05, 4.69) is 15.8 Å². The molecular weight excluding hydrogens is 313 g/mol. The maximum absolute atomic E-state index is 6.10. The molecule has 2 aromatic carbocycles. The van der Waals surface area contributed by atoms with E-state index >= 15 is 0 Å². The number of halogens is 2. The first-order chi connectivity index (χ1) is 9.72. The van der Waals surface area contributed by atoms with Gasteiger partial charge in [0.25, 0.3) is 0 Å². The van der Waals surface area contributed by atoms with Crippen LogP contribution in [-0.2, 0) is 6.54 Å². The summed E-state index contributed by atoms with van der Waals surface area (Å²) in [7, 11) is 0. The van der Waals surface area contributed by atoms with E-state index in [4.69, 9.17) is 23.2 Å². The Hall–Kier alpha value is -1.33. The van der Waals surface area contributed by atoms with Gasteiger partial charge in [-0.2, -0.15) is 0 Å². The summed E-state index contributed by atoms with van der Waals surface area (Å²) in [6, 6.07) is 13.5. The lowest BCUT2D eigenvalue weighted by Crippen LogP contribution is -2.20. The van der Waals surface area contributed by atoms with E-state index in [0.29, 0.717) is 11.6 Å². The van der Waals surface area contributed by atoms with E-state index in [-0.39, 0.29) is 0 Å². The summed E-state index contributed by atoms with van der Waals surface area (Å²) in [5.41, 5.74) is 8.19. The molecule has 3 rings (SSSR count). The number of anilines is 1. The lowest BCUT2D eigenvalue weighted by molar-refractivity contribution is 0.800. The summed E-state index contributed by atoms with van der Waals surface area (Å²) >= 11 is 13.5. The summed E-state index contributed by atoms with van der Waals surface area (Å²) in [4.78, 5) is 4.45. The molecule has 0 saturated heterocycles. The molecule has 0 aliphatic rings. The first-order valence-corrected chi connectivity index (χ1v) is 7.58. The molecule has 0 amide bonds. The summed E-state index contributed by atoms with van der Waals surface area (Å²) in [6.07, 6.45) is 0. The number of benzene rings is 2. The molecule has 20 heavy (non-hydrogen) atoms. The van der Waals surface area contributed by atoms with Gasteiger partial charge in [0.15, 0.2) is 5.13 Å². The minimum atomic E-state index is 0.671. The molecule has 1 aromatic heterocycles. The molecule has 6 heteroatoms. The van der Waals surface area contributed by atoms with Crippen LogP contribution in [0.4, 0.5) is 5.13 Å². The number of fused-ring (bicyclic) bond motifs is 1. The van der Waals surface area contributed by atoms with Crippen LogP contribution < -0.4 is 10.9 Å². The first kappa shape index (κ1) is 13.6. The van der Waals surface area contributed by atoms with Gasteiger partial charge >= 0.3 is 0 Å². The van der Waals surface area contributed by atoms with Crippen LogP contribution >= 0.6 is 34.5 Å². The Morgan fingerprint density at radius 2 is 1.85 bits per heavy atom. The molecule has 0 unspecified atom stereocenters. The van der Waals surface area contributed by atoms with Crippen molar-refractivity contribution in [3.05, 3.63) is 58.1 Å². The molecule has 3 nitrogen and oxygen atoms in total. The van der Waals surface area contributed by atoms with E-state index in [0.717, 1.165) is 25.9 Å². The predicted octanol–water partition coefficient (Wildman–Crippen LogP) is 4.72. The maximum atomic E-state index is 6.10. The predicted molar refractivity (Wildman–Crippen MR) is 86.5 cm³/mol. The zero-order chi connectivity index (χ0) is 13.9. The molecule has 0 radical (unpaired) electrons. The Morgan fingerprint density at radius 1 is 1.05 bits per heavy atom. The number of para-hydroxylation sites is 1. The lowest BCUT2D eigenvalue weighted by Gasteiger charge is -2.05. The van der Waals surface area contributed by atoms with Gasteiger partial charge in [-0.05, 0) is 29.8 Å². The first-order valence-electron chi connectivity index (χ1n) is 6.01. The number of thiazole rings is 1. The van der Waals surface area contributed by atoms with Crippen LogP contribution in [0.3, 0.4) is 0 Å². The standard InChI is InChI=1S/C14H11Cl2N3S/c15-10-6-4-9(5-7-10)8-17-19-14-18-13-11(16)2-1-3-12(13)20-14/h1-7,17H,8H2,(H,18,19). The van der Waals surface area contributed by atoms with Gasteiger partial charge in [0, 0.05) is 11.6 Å². The third-order valence-electron chi connectivity index (χ3n) is 2.77. The summed E-state index contributed by atoms with van der Waals surface area (Å²) < 4.78 is 1.06. The fourth-order valence-electron chi connectivity index (χ4n) is 1.79. The van der Waals surface area contributed by atoms with Crippen molar-refractivity contribution in [2.24, 2.45) is 0 Å². The zero-order valence-corrected chi connectivity index (χ0v) is 12.7. The molecule has 0 aliphatic carbocycles. The SMILES string of the molecule is Clc1ccc(CNNc2nc3c(Cl)cccc3s2)cc1. The zero-order valence-electron chi connectivity index (χ0n) is 10.4. The molecule has 0 bridgehead atoms. The van der Waals surface area contributed by atoms with Gasteiger partial charge in [-0.1, -0.05) is 52.7 Å². The number of hydrogen-bond donors (Lipinski definition) is 2. The van der Waals surface area contributed by atoms with E-state index in [1.165, 1.54) is 0 Å². The molecule has 0 saturated carbocycles. The van der Waals surface area contributed by atoms with Gasteiger partial charge in [-0.15, -0.1) is 0 Å². The Labute approximate surface area is 130 Å². The van der Waals surface area contributed by atoms with E-state index in [1.54, 1.807) is 11.3 Å².